The summed E-state index contributed by atoms with van der Waals surface area (Å²) in [7, 11) is -8.78. The van der Waals surface area contributed by atoms with Gasteiger partial charge in [-0.2, -0.15) is 9.13 Å². The molecule has 0 amide bonds. The Labute approximate surface area is 278 Å². The Kier molecular flexibility index (Phi) is 11.0. The zero-order chi connectivity index (χ0) is 34.5. The Hall–Kier alpha value is -4.38. The Balaban J connectivity index is 1.74. The lowest BCUT2D eigenvalue weighted by molar-refractivity contribution is 0.257. The molecule has 0 aliphatic carbocycles. The van der Waals surface area contributed by atoms with Crippen LogP contribution in [0.15, 0.2) is 102 Å². The molecule has 4 rings (SSSR count). The number of rotatable bonds is 13. The number of hydrogen-bond acceptors (Lipinski definition) is 8. The highest BCUT2D eigenvalue weighted by Gasteiger charge is 2.38. The van der Waals surface area contributed by atoms with Gasteiger partial charge in [-0.25, -0.2) is 0 Å². The van der Waals surface area contributed by atoms with Gasteiger partial charge in [0.25, 0.3) is 0 Å². The summed E-state index contributed by atoms with van der Waals surface area (Å²) in [6.07, 6.45) is 0. The van der Waals surface area contributed by atoms with E-state index in [0.29, 0.717) is 28.6 Å². The van der Waals surface area contributed by atoms with Crippen LogP contribution in [0.2, 0.25) is 0 Å². The Morgan fingerprint density at radius 3 is 1.17 bits per heavy atom. The molecule has 47 heavy (non-hydrogen) atoms. The van der Waals surface area contributed by atoms with Gasteiger partial charge in [0.2, 0.25) is 0 Å². The topological polar surface area (TPSA) is 89.5 Å². The molecule has 4 aromatic rings. The number of phosphoric acid groups is 2. The molecule has 8 nitrogen and oxygen atoms in total. The third kappa shape index (κ3) is 8.91. The average Bonchev–Trinajstić information content (AvgIpc) is 2.98. The van der Waals surface area contributed by atoms with Crippen LogP contribution in [0.1, 0.15) is 54.2 Å². The minimum atomic E-state index is -4.39. The Morgan fingerprint density at radius 2 is 0.830 bits per heavy atom. The highest BCUT2D eigenvalue weighted by Crippen LogP contribution is 2.55. The molecule has 1 atom stereocenters. The SMILES string of the molecule is C=C(C)C(OP(=O)(Oc1cccc(OP(=O)(Oc2c(C)cccc2C)Oc2c(C)cccc2C)c1)Oc1c(C)cccc1C)=C(C)C. The van der Waals surface area contributed by atoms with E-state index in [1.807, 2.05) is 110 Å². The molecule has 0 saturated carbocycles. The second-order valence-corrected chi connectivity index (χ2v) is 14.6. The standard InChI is InChI=1S/C37H42O8P2/c1-24(2)34(25(3)4)42-46(38,43-35-26(5)15-11-16-27(35)6)40-32-21-14-22-33(23-32)41-47(39,44-36-28(7)17-12-18-29(36)8)45-37-30(9)19-13-20-31(37)10/h11-23H,1H2,2-10H3. The molecule has 0 heterocycles. The van der Waals surface area contributed by atoms with Crippen molar-refractivity contribution >= 4 is 15.6 Å². The van der Waals surface area contributed by atoms with Gasteiger partial charge in [-0.05, 0) is 119 Å². The van der Waals surface area contributed by atoms with Gasteiger partial charge in [-0.3, -0.25) is 0 Å². The molecule has 10 heteroatoms. The average molecular weight is 677 g/mol. The lowest BCUT2D eigenvalue weighted by Crippen LogP contribution is -2.10. The van der Waals surface area contributed by atoms with Crippen molar-refractivity contribution in [2.24, 2.45) is 0 Å². The van der Waals surface area contributed by atoms with E-state index in [-0.39, 0.29) is 11.5 Å². The summed E-state index contributed by atoms with van der Waals surface area (Å²) in [5, 5.41) is 0. The molecule has 1 unspecified atom stereocenters. The smallest absolute Gasteiger partial charge is 0.386 e. The summed E-state index contributed by atoms with van der Waals surface area (Å²) >= 11 is 0. The van der Waals surface area contributed by atoms with Crippen molar-refractivity contribution in [1.29, 1.82) is 0 Å². The van der Waals surface area contributed by atoms with Crippen LogP contribution in [-0.4, -0.2) is 0 Å². The van der Waals surface area contributed by atoms with E-state index < -0.39 is 15.6 Å². The third-order valence-electron chi connectivity index (χ3n) is 7.12. The van der Waals surface area contributed by atoms with Gasteiger partial charge < -0.3 is 27.1 Å². The highest BCUT2D eigenvalue weighted by atomic mass is 31.2. The predicted molar refractivity (Wildman–Crippen MR) is 187 cm³/mol. The Bertz CT molecular complexity index is 1810. The lowest BCUT2D eigenvalue weighted by atomic mass is 10.1. The summed E-state index contributed by atoms with van der Waals surface area (Å²) < 4.78 is 65.1. The van der Waals surface area contributed by atoms with Crippen LogP contribution in [0, 0.1) is 41.5 Å². The van der Waals surface area contributed by atoms with Crippen LogP contribution < -0.4 is 22.6 Å². The molecule has 0 aromatic heterocycles. The molecule has 4 aromatic carbocycles. The van der Waals surface area contributed by atoms with E-state index in [1.54, 1.807) is 25.1 Å². The van der Waals surface area contributed by atoms with Crippen molar-refractivity contribution in [3.8, 4) is 28.7 Å². The summed E-state index contributed by atoms with van der Waals surface area (Å²) in [5.41, 5.74) is 5.79. The van der Waals surface area contributed by atoms with Crippen molar-refractivity contribution in [3.63, 3.8) is 0 Å². The monoisotopic (exact) mass is 676 g/mol. The van der Waals surface area contributed by atoms with Gasteiger partial charge in [0.1, 0.15) is 34.5 Å². The van der Waals surface area contributed by atoms with E-state index >= 15 is 0 Å². The summed E-state index contributed by atoms with van der Waals surface area (Å²) in [4.78, 5) is 0. The molecule has 0 spiro atoms. The maximum atomic E-state index is 14.5. The van der Waals surface area contributed by atoms with Gasteiger partial charge in [-0.15, -0.1) is 0 Å². The van der Waals surface area contributed by atoms with Gasteiger partial charge in [0.15, 0.2) is 0 Å². The molecule has 0 fully saturated rings. The molecule has 0 aliphatic heterocycles. The van der Waals surface area contributed by atoms with Gasteiger partial charge in [0.05, 0.1) is 0 Å². The second kappa shape index (κ2) is 14.6. The fraction of sp³-hybridized carbons (Fsp3) is 0.243. The summed E-state index contributed by atoms with van der Waals surface area (Å²) in [6, 6.07) is 22.8. The molecular formula is C37H42O8P2. The van der Waals surface area contributed by atoms with Crippen LogP contribution in [0.4, 0.5) is 0 Å². The molecule has 0 bridgehead atoms. The first kappa shape index (κ1) is 35.5. The number of hydrogen-bond donors (Lipinski definition) is 0. The van der Waals surface area contributed by atoms with Crippen molar-refractivity contribution in [1.82, 2.24) is 0 Å². The van der Waals surface area contributed by atoms with Crippen molar-refractivity contribution in [3.05, 3.63) is 136 Å². The largest absolute Gasteiger partial charge is 0.647 e. The van der Waals surface area contributed by atoms with Gasteiger partial charge in [0, 0.05) is 6.07 Å². The number of phosphoric ester groups is 2. The minimum absolute atomic E-state index is 0.0672. The predicted octanol–water partition coefficient (Wildman–Crippen LogP) is 11.6. The quantitative estimate of drug-likeness (QED) is 0.0785. The van der Waals surface area contributed by atoms with Crippen LogP contribution >= 0.6 is 15.6 Å². The van der Waals surface area contributed by atoms with E-state index in [4.69, 9.17) is 27.1 Å². The first-order valence-corrected chi connectivity index (χ1v) is 18.0. The number of benzene rings is 4. The zero-order valence-electron chi connectivity index (χ0n) is 28.4. The normalized spacial score (nSPS) is 12.4. The van der Waals surface area contributed by atoms with Gasteiger partial charge >= 0.3 is 15.6 Å². The third-order valence-corrected chi connectivity index (χ3v) is 9.61. The second-order valence-electron chi connectivity index (χ2n) is 11.7. The maximum absolute atomic E-state index is 14.5. The van der Waals surface area contributed by atoms with Crippen molar-refractivity contribution < 1.29 is 36.3 Å². The summed E-state index contributed by atoms with van der Waals surface area (Å²) in [5.74, 6) is 1.56. The van der Waals surface area contributed by atoms with E-state index in [2.05, 4.69) is 6.58 Å². The number of para-hydroxylation sites is 3. The van der Waals surface area contributed by atoms with Crippen LogP contribution in [0.5, 0.6) is 28.7 Å². The number of allylic oxidation sites excluding steroid dienone is 2. The molecule has 0 radical (unpaired) electrons. The van der Waals surface area contributed by atoms with Crippen LogP contribution in [-0.2, 0) is 13.7 Å². The lowest BCUT2D eigenvalue weighted by Gasteiger charge is -2.24. The van der Waals surface area contributed by atoms with Crippen LogP contribution in [0.25, 0.3) is 0 Å². The summed E-state index contributed by atoms with van der Waals surface area (Å²) in [6.45, 7) is 20.4. The van der Waals surface area contributed by atoms with Crippen molar-refractivity contribution in [2.45, 2.75) is 62.3 Å². The van der Waals surface area contributed by atoms with Crippen molar-refractivity contribution in [2.75, 3.05) is 0 Å². The van der Waals surface area contributed by atoms with Crippen LogP contribution in [0.3, 0.4) is 0 Å². The van der Waals surface area contributed by atoms with E-state index in [9.17, 15) is 9.13 Å². The zero-order valence-corrected chi connectivity index (χ0v) is 30.2. The number of aryl methyl sites for hydroxylation is 6. The molecule has 0 N–H and O–H groups in total. The highest BCUT2D eigenvalue weighted by molar-refractivity contribution is 7.50. The fourth-order valence-corrected chi connectivity index (χ4v) is 7.89. The Morgan fingerprint density at radius 1 is 0.511 bits per heavy atom. The fourth-order valence-electron chi connectivity index (χ4n) is 4.83. The van der Waals surface area contributed by atoms with Gasteiger partial charge in [-0.1, -0.05) is 67.2 Å². The first-order valence-electron chi connectivity index (χ1n) is 15.1. The minimum Gasteiger partial charge on any atom is -0.386 e. The molecule has 0 aliphatic rings. The van der Waals surface area contributed by atoms with E-state index in [1.165, 1.54) is 6.07 Å². The van der Waals surface area contributed by atoms with E-state index in [0.717, 1.165) is 39.0 Å². The molecule has 248 valence electrons. The molecule has 0 saturated heterocycles. The maximum Gasteiger partial charge on any atom is 0.647 e. The first-order chi connectivity index (χ1) is 22.1. The molecular weight excluding hydrogens is 634 g/mol.